The van der Waals surface area contributed by atoms with E-state index in [1.807, 2.05) is 45.5 Å². The molecule has 0 aliphatic carbocycles. The Hall–Kier alpha value is -1.66. The summed E-state index contributed by atoms with van der Waals surface area (Å²) in [7, 11) is 1.94. The number of rotatable bonds is 3. The molecule has 1 aliphatic rings. The van der Waals surface area contributed by atoms with Gasteiger partial charge in [-0.25, -0.2) is 0 Å². The minimum atomic E-state index is -0.118. The van der Waals surface area contributed by atoms with Gasteiger partial charge in [-0.2, -0.15) is 5.10 Å². The van der Waals surface area contributed by atoms with Crippen LogP contribution in [-0.2, 0) is 11.8 Å². The number of carbonyl (C=O) groups excluding carboxylic acids is 1. The molecule has 0 bridgehead atoms. The molecule has 0 radical (unpaired) electrons. The third-order valence-electron chi connectivity index (χ3n) is 4.54. The molecule has 23 heavy (non-hydrogen) atoms. The Kier molecular flexibility index (Phi) is 4.29. The van der Waals surface area contributed by atoms with Gasteiger partial charge in [0, 0.05) is 34.7 Å². The van der Waals surface area contributed by atoms with Crippen LogP contribution in [0.5, 0.6) is 0 Å². The summed E-state index contributed by atoms with van der Waals surface area (Å²) >= 11 is 1.66. The van der Waals surface area contributed by atoms with E-state index in [2.05, 4.69) is 10.4 Å². The highest BCUT2D eigenvalue weighted by molar-refractivity contribution is 7.12. The van der Waals surface area contributed by atoms with Crippen LogP contribution in [0.2, 0.25) is 0 Å². The van der Waals surface area contributed by atoms with E-state index in [1.165, 1.54) is 0 Å². The van der Waals surface area contributed by atoms with Crippen LogP contribution in [0.25, 0.3) is 0 Å². The molecule has 124 valence electrons. The lowest BCUT2D eigenvalue weighted by Gasteiger charge is -2.20. The predicted molar refractivity (Wildman–Crippen MR) is 91.0 cm³/mol. The lowest BCUT2D eigenvalue weighted by molar-refractivity contribution is 0.0817. The molecule has 1 aliphatic heterocycles. The van der Waals surface area contributed by atoms with Gasteiger partial charge in [-0.15, -0.1) is 11.3 Å². The minimum absolute atomic E-state index is 0.00783. The smallest absolute Gasteiger partial charge is 0.252 e. The van der Waals surface area contributed by atoms with Gasteiger partial charge in [-0.1, -0.05) is 0 Å². The molecule has 0 aromatic carbocycles. The van der Waals surface area contributed by atoms with Crippen molar-refractivity contribution in [1.82, 2.24) is 15.1 Å². The maximum absolute atomic E-state index is 12.6. The van der Waals surface area contributed by atoms with E-state index in [0.717, 1.165) is 38.7 Å². The topological polar surface area (TPSA) is 56.1 Å². The SMILES string of the molecule is Cc1cc(C(=O)N[C@H]2CCO[C@@H]2c2c(C)nn(C)c2C)c(C)s1. The molecular formula is C17H23N3O2S. The molecule has 1 fully saturated rings. The van der Waals surface area contributed by atoms with Crippen molar-refractivity contribution in [2.45, 2.75) is 46.3 Å². The molecule has 1 N–H and O–H groups in total. The Morgan fingerprint density at radius 2 is 2.13 bits per heavy atom. The quantitative estimate of drug-likeness (QED) is 0.939. The van der Waals surface area contributed by atoms with Crippen LogP contribution in [0.15, 0.2) is 6.07 Å². The molecule has 3 rings (SSSR count). The number of hydrogen-bond acceptors (Lipinski definition) is 4. The van der Waals surface area contributed by atoms with Crippen LogP contribution in [0.3, 0.4) is 0 Å². The Labute approximate surface area is 140 Å². The van der Waals surface area contributed by atoms with Gasteiger partial charge in [0.1, 0.15) is 6.10 Å². The zero-order chi connectivity index (χ0) is 16.7. The highest BCUT2D eigenvalue weighted by Crippen LogP contribution is 2.33. The molecule has 2 aromatic heterocycles. The summed E-state index contributed by atoms with van der Waals surface area (Å²) in [5.41, 5.74) is 3.95. The molecule has 0 saturated carbocycles. The molecule has 3 heterocycles. The summed E-state index contributed by atoms with van der Waals surface area (Å²) in [6.45, 7) is 8.71. The zero-order valence-corrected chi connectivity index (χ0v) is 15.1. The number of aryl methyl sites for hydroxylation is 4. The van der Waals surface area contributed by atoms with Crippen molar-refractivity contribution < 1.29 is 9.53 Å². The summed E-state index contributed by atoms with van der Waals surface area (Å²) in [4.78, 5) is 14.8. The van der Waals surface area contributed by atoms with Gasteiger partial charge in [0.05, 0.1) is 17.3 Å². The van der Waals surface area contributed by atoms with E-state index in [-0.39, 0.29) is 18.1 Å². The van der Waals surface area contributed by atoms with E-state index in [0.29, 0.717) is 6.61 Å². The van der Waals surface area contributed by atoms with Crippen molar-refractivity contribution in [3.05, 3.63) is 38.3 Å². The Morgan fingerprint density at radius 3 is 2.70 bits per heavy atom. The van der Waals surface area contributed by atoms with Crippen molar-refractivity contribution >= 4 is 17.2 Å². The molecule has 2 atom stereocenters. The van der Waals surface area contributed by atoms with Gasteiger partial charge in [0.2, 0.25) is 0 Å². The standard InChI is InChI=1S/C17H23N3O2S/c1-9-8-13(12(4)23-9)17(21)18-14-6-7-22-16(14)15-10(2)19-20(5)11(15)3/h8,14,16H,6-7H2,1-5H3,(H,18,21)/t14-,16-/m0/s1. The predicted octanol–water partition coefficient (Wildman–Crippen LogP) is 2.98. The van der Waals surface area contributed by atoms with E-state index < -0.39 is 0 Å². The first-order chi connectivity index (χ1) is 10.9. The molecule has 1 saturated heterocycles. The van der Waals surface area contributed by atoms with E-state index in [1.54, 1.807) is 11.3 Å². The molecule has 1 amide bonds. The van der Waals surface area contributed by atoms with Crippen LogP contribution in [0.4, 0.5) is 0 Å². The largest absolute Gasteiger partial charge is 0.371 e. The number of thiophene rings is 1. The fourth-order valence-corrected chi connectivity index (χ4v) is 4.25. The normalized spacial score (nSPS) is 20.9. The number of nitrogens with one attached hydrogen (secondary N) is 1. The summed E-state index contributed by atoms with van der Waals surface area (Å²) < 4.78 is 7.81. The summed E-state index contributed by atoms with van der Waals surface area (Å²) in [5, 5.41) is 7.64. The Balaban J connectivity index is 1.82. The van der Waals surface area contributed by atoms with Gasteiger partial charge in [-0.3, -0.25) is 9.48 Å². The summed E-state index contributed by atoms with van der Waals surface area (Å²) in [6, 6.07) is 1.95. The van der Waals surface area contributed by atoms with Gasteiger partial charge >= 0.3 is 0 Å². The van der Waals surface area contributed by atoms with Gasteiger partial charge in [0.25, 0.3) is 5.91 Å². The van der Waals surface area contributed by atoms with E-state index in [9.17, 15) is 4.79 Å². The second kappa shape index (κ2) is 6.09. The van der Waals surface area contributed by atoms with Crippen molar-refractivity contribution in [3.63, 3.8) is 0 Å². The first-order valence-electron chi connectivity index (χ1n) is 7.88. The number of ether oxygens (including phenoxy) is 1. The monoisotopic (exact) mass is 333 g/mol. The fraction of sp³-hybridized carbons (Fsp3) is 0.529. The average molecular weight is 333 g/mol. The van der Waals surface area contributed by atoms with Crippen LogP contribution < -0.4 is 5.32 Å². The molecule has 0 unspecified atom stereocenters. The molecular weight excluding hydrogens is 310 g/mol. The van der Waals surface area contributed by atoms with Gasteiger partial charge in [-0.05, 0) is 40.2 Å². The molecule has 2 aromatic rings. The maximum atomic E-state index is 12.6. The number of nitrogens with zero attached hydrogens (tertiary/aromatic N) is 2. The zero-order valence-electron chi connectivity index (χ0n) is 14.3. The number of carbonyl (C=O) groups is 1. The Bertz CT molecular complexity index is 747. The highest BCUT2D eigenvalue weighted by Gasteiger charge is 2.35. The third kappa shape index (κ3) is 2.93. The summed E-state index contributed by atoms with van der Waals surface area (Å²) in [5.74, 6) is -0.00783. The van der Waals surface area contributed by atoms with Crippen molar-refractivity contribution in [2.75, 3.05) is 6.61 Å². The maximum Gasteiger partial charge on any atom is 0.252 e. The Morgan fingerprint density at radius 1 is 1.39 bits per heavy atom. The van der Waals surface area contributed by atoms with Crippen LogP contribution in [0.1, 0.15) is 49.6 Å². The lowest BCUT2D eigenvalue weighted by Crippen LogP contribution is -2.37. The number of hydrogen-bond donors (Lipinski definition) is 1. The second-order valence-electron chi connectivity index (χ2n) is 6.20. The molecule has 5 nitrogen and oxygen atoms in total. The van der Waals surface area contributed by atoms with Crippen molar-refractivity contribution in [1.29, 1.82) is 0 Å². The van der Waals surface area contributed by atoms with Gasteiger partial charge in [0.15, 0.2) is 0 Å². The lowest BCUT2D eigenvalue weighted by atomic mass is 10.00. The second-order valence-corrected chi connectivity index (χ2v) is 7.66. The minimum Gasteiger partial charge on any atom is -0.371 e. The highest BCUT2D eigenvalue weighted by atomic mass is 32.1. The van der Waals surface area contributed by atoms with Crippen LogP contribution in [0, 0.1) is 27.7 Å². The summed E-state index contributed by atoms with van der Waals surface area (Å²) in [6.07, 6.45) is 0.708. The van der Waals surface area contributed by atoms with E-state index >= 15 is 0 Å². The average Bonchev–Trinajstić information content (AvgIpc) is 3.11. The van der Waals surface area contributed by atoms with Crippen molar-refractivity contribution in [3.8, 4) is 0 Å². The van der Waals surface area contributed by atoms with E-state index in [4.69, 9.17) is 4.74 Å². The van der Waals surface area contributed by atoms with Gasteiger partial charge < -0.3 is 10.1 Å². The number of amides is 1. The van der Waals surface area contributed by atoms with Crippen molar-refractivity contribution in [2.24, 2.45) is 7.05 Å². The molecule has 0 spiro atoms. The number of aromatic nitrogens is 2. The fourth-order valence-electron chi connectivity index (χ4n) is 3.33. The third-order valence-corrected chi connectivity index (χ3v) is 5.51. The van der Waals surface area contributed by atoms with Crippen LogP contribution in [-0.4, -0.2) is 28.3 Å². The van der Waals surface area contributed by atoms with Crippen LogP contribution >= 0.6 is 11.3 Å². The first kappa shape index (κ1) is 16.2. The molecule has 6 heteroatoms. The first-order valence-corrected chi connectivity index (χ1v) is 8.69.